The minimum absolute atomic E-state index is 0.131. The topological polar surface area (TPSA) is 49.3 Å². The SMILES string of the molecule is CC(O)(CNC(=O)C(F)(F)F)Cc1cccc2ccccc12. The Morgan fingerprint density at radius 1 is 1.14 bits per heavy atom. The molecule has 0 aliphatic rings. The maximum Gasteiger partial charge on any atom is 0.471 e. The van der Waals surface area contributed by atoms with Crippen LogP contribution in [0.25, 0.3) is 10.8 Å². The molecule has 118 valence electrons. The molecular formula is C16H16F3NO2. The number of halogens is 3. The number of aliphatic hydroxyl groups is 1. The van der Waals surface area contributed by atoms with Gasteiger partial charge in [0.05, 0.1) is 5.60 Å². The van der Waals surface area contributed by atoms with Crippen molar-refractivity contribution in [1.29, 1.82) is 0 Å². The van der Waals surface area contributed by atoms with E-state index in [2.05, 4.69) is 0 Å². The van der Waals surface area contributed by atoms with Gasteiger partial charge in [0.15, 0.2) is 0 Å². The molecule has 1 unspecified atom stereocenters. The summed E-state index contributed by atoms with van der Waals surface area (Å²) in [6.45, 7) is 0.917. The van der Waals surface area contributed by atoms with Crippen molar-refractivity contribution < 1.29 is 23.1 Å². The molecule has 2 N–H and O–H groups in total. The molecule has 0 saturated carbocycles. The van der Waals surface area contributed by atoms with Gasteiger partial charge in [0.1, 0.15) is 0 Å². The summed E-state index contributed by atoms with van der Waals surface area (Å²) in [7, 11) is 0. The summed E-state index contributed by atoms with van der Waals surface area (Å²) >= 11 is 0. The Hall–Kier alpha value is -2.08. The number of nitrogens with one attached hydrogen (secondary N) is 1. The molecule has 0 aromatic heterocycles. The summed E-state index contributed by atoms with van der Waals surface area (Å²) < 4.78 is 36.5. The Labute approximate surface area is 125 Å². The number of alkyl halides is 3. The van der Waals surface area contributed by atoms with Gasteiger partial charge >= 0.3 is 12.1 Å². The highest BCUT2D eigenvalue weighted by atomic mass is 19.4. The van der Waals surface area contributed by atoms with E-state index in [1.54, 1.807) is 5.32 Å². The van der Waals surface area contributed by atoms with Gasteiger partial charge < -0.3 is 10.4 Å². The van der Waals surface area contributed by atoms with Crippen LogP contribution >= 0.6 is 0 Å². The van der Waals surface area contributed by atoms with E-state index in [4.69, 9.17) is 0 Å². The summed E-state index contributed by atoms with van der Waals surface area (Å²) in [5.74, 6) is -2.05. The second kappa shape index (κ2) is 5.96. The van der Waals surface area contributed by atoms with Crippen molar-refractivity contribution in [2.45, 2.75) is 25.1 Å². The van der Waals surface area contributed by atoms with E-state index in [1.165, 1.54) is 6.92 Å². The van der Waals surface area contributed by atoms with Gasteiger partial charge in [-0.05, 0) is 23.3 Å². The fraction of sp³-hybridized carbons (Fsp3) is 0.312. The van der Waals surface area contributed by atoms with Gasteiger partial charge in [-0.2, -0.15) is 13.2 Å². The first-order chi connectivity index (χ1) is 10.2. The molecule has 6 heteroatoms. The van der Waals surface area contributed by atoms with Crippen LogP contribution in [0.2, 0.25) is 0 Å². The van der Waals surface area contributed by atoms with Crippen molar-refractivity contribution in [2.75, 3.05) is 6.54 Å². The van der Waals surface area contributed by atoms with Crippen LogP contribution in [0.3, 0.4) is 0 Å². The first-order valence-corrected chi connectivity index (χ1v) is 6.73. The first-order valence-electron chi connectivity index (χ1n) is 6.73. The van der Waals surface area contributed by atoms with Crippen LogP contribution in [0.4, 0.5) is 13.2 Å². The highest BCUT2D eigenvalue weighted by molar-refractivity contribution is 5.85. The number of hydrogen-bond donors (Lipinski definition) is 2. The van der Waals surface area contributed by atoms with E-state index in [1.807, 2.05) is 42.5 Å². The molecule has 0 radical (unpaired) electrons. The van der Waals surface area contributed by atoms with Crippen molar-refractivity contribution in [3.63, 3.8) is 0 Å². The van der Waals surface area contributed by atoms with Crippen molar-refractivity contribution in [3.05, 3.63) is 48.0 Å². The number of benzene rings is 2. The Kier molecular flexibility index (Phi) is 4.42. The van der Waals surface area contributed by atoms with E-state index < -0.39 is 24.2 Å². The zero-order valence-corrected chi connectivity index (χ0v) is 11.9. The average Bonchev–Trinajstić information content (AvgIpc) is 2.44. The number of carbonyl (C=O) groups excluding carboxylic acids is 1. The van der Waals surface area contributed by atoms with Crippen molar-refractivity contribution >= 4 is 16.7 Å². The van der Waals surface area contributed by atoms with Gasteiger partial charge in [-0.15, -0.1) is 0 Å². The lowest BCUT2D eigenvalue weighted by molar-refractivity contribution is -0.174. The summed E-state index contributed by atoms with van der Waals surface area (Å²) in [4.78, 5) is 10.8. The van der Waals surface area contributed by atoms with E-state index in [0.717, 1.165) is 16.3 Å². The minimum Gasteiger partial charge on any atom is -0.388 e. The molecule has 2 rings (SSSR count). The zero-order chi connectivity index (χ0) is 16.4. The Bertz CT molecular complexity index is 675. The Morgan fingerprint density at radius 2 is 1.77 bits per heavy atom. The number of carbonyl (C=O) groups is 1. The summed E-state index contributed by atoms with van der Waals surface area (Å²) in [6.07, 6.45) is -4.82. The van der Waals surface area contributed by atoms with Crippen LogP contribution < -0.4 is 5.32 Å². The molecule has 1 amide bonds. The predicted molar refractivity (Wildman–Crippen MR) is 77.3 cm³/mol. The molecule has 0 bridgehead atoms. The first kappa shape index (κ1) is 16.3. The lowest BCUT2D eigenvalue weighted by Gasteiger charge is -2.24. The van der Waals surface area contributed by atoms with Crippen LogP contribution in [0.5, 0.6) is 0 Å². The molecule has 1 atom stereocenters. The molecule has 2 aromatic rings. The van der Waals surface area contributed by atoms with Gasteiger partial charge in [0.25, 0.3) is 0 Å². The third-order valence-electron chi connectivity index (χ3n) is 3.34. The van der Waals surface area contributed by atoms with E-state index in [9.17, 15) is 23.1 Å². The van der Waals surface area contributed by atoms with Crippen molar-refractivity contribution in [3.8, 4) is 0 Å². The Balaban J connectivity index is 2.12. The summed E-state index contributed by atoms with van der Waals surface area (Å²) in [5.41, 5.74) is -0.672. The molecule has 0 aliphatic carbocycles. The highest BCUT2D eigenvalue weighted by Gasteiger charge is 2.39. The van der Waals surface area contributed by atoms with Crippen molar-refractivity contribution in [1.82, 2.24) is 5.32 Å². The molecule has 0 saturated heterocycles. The molecular weight excluding hydrogens is 295 g/mol. The van der Waals surface area contributed by atoms with E-state index >= 15 is 0 Å². The number of hydrogen-bond acceptors (Lipinski definition) is 2. The number of fused-ring (bicyclic) bond motifs is 1. The fourth-order valence-corrected chi connectivity index (χ4v) is 2.29. The maximum absolute atomic E-state index is 12.2. The van der Waals surface area contributed by atoms with Crippen LogP contribution in [-0.2, 0) is 11.2 Å². The normalized spacial score (nSPS) is 14.6. The van der Waals surface area contributed by atoms with Crippen LogP contribution in [0.15, 0.2) is 42.5 Å². The van der Waals surface area contributed by atoms with Gasteiger partial charge in [0.2, 0.25) is 0 Å². The molecule has 0 heterocycles. The zero-order valence-electron chi connectivity index (χ0n) is 11.9. The van der Waals surface area contributed by atoms with Gasteiger partial charge in [-0.1, -0.05) is 42.5 Å². The standard InChI is InChI=1S/C16H16F3NO2/c1-15(22,10-20-14(21)16(17,18)19)9-12-7-4-6-11-5-2-3-8-13(11)12/h2-8,22H,9-10H2,1H3,(H,20,21). The molecule has 22 heavy (non-hydrogen) atoms. The Morgan fingerprint density at radius 3 is 2.45 bits per heavy atom. The van der Waals surface area contributed by atoms with Crippen LogP contribution in [0, 0.1) is 0 Å². The maximum atomic E-state index is 12.2. The molecule has 0 fully saturated rings. The van der Waals surface area contributed by atoms with Crippen LogP contribution in [0.1, 0.15) is 12.5 Å². The van der Waals surface area contributed by atoms with Crippen molar-refractivity contribution in [2.24, 2.45) is 0 Å². The highest BCUT2D eigenvalue weighted by Crippen LogP contribution is 2.23. The molecule has 0 spiro atoms. The third-order valence-corrected chi connectivity index (χ3v) is 3.34. The van der Waals surface area contributed by atoms with E-state index in [0.29, 0.717) is 0 Å². The minimum atomic E-state index is -4.95. The monoisotopic (exact) mass is 311 g/mol. The van der Waals surface area contributed by atoms with Gasteiger partial charge in [0, 0.05) is 13.0 Å². The lowest BCUT2D eigenvalue weighted by Crippen LogP contribution is -2.46. The second-order valence-corrected chi connectivity index (χ2v) is 5.49. The third kappa shape index (κ3) is 3.98. The largest absolute Gasteiger partial charge is 0.471 e. The fourth-order valence-electron chi connectivity index (χ4n) is 2.29. The number of amides is 1. The molecule has 0 aliphatic heterocycles. The number of rotatable bonds is 4. The average molecular weight is 311 g/mol. The van der Waals surface area contributed by atoms with E-state index in [-0.39, 0.29) is 6.42 Å². The van der Waals surface area contributed by atoms with Gasteiger partial charge in [-0.3, -0.25) is 4.79 Å². The quantitative estimate of drug-likeness (QED) is 0.912. The summed E-state index contributed by atoms with van der Waals surface area (Å²) in [5, 5.41) is 13.9. The smallest absolute Gasteiger partial charge is 0.388 e. The molecule has 3 nitrogen and oxygen atoms in total. The second-order valence-electron chi connectivity index (χ2n) is 5.49. The molecule has 2 aromatic carbocycles. The lowest BCUT2D eigenvalue weighted by atomic mass is 9.92. The summed E-state index contributed by atoms with van der Waals surface area (Å²) in [6, 6.07) is 13.1. The predicted octanol–water partition coefficient (Wildman–Crippen LogP) is 2.81. The van der Waals surface area contributed by atoms with Gasteiger partial charge in [-0.25, -0.2) is 0 Å². The van der Waals surface area contributed by atoms with Crippen LogP contribution in [-0.4, -0.2) is 29.3 Å².